The molecule has 4 nitrogen and oxygen atoms in total. The Kier molecular flexibility index (Phi) is 2.15. The normalized spacial score (nSPS) is 11.6. The highest BCUT2D eigenvalue weighted by Gasteiger charge is 1.93. The van der Waals surface area contributed by atoms with Crippen molar-refractivity contribution < 1.29 is 0 Å². The van der Waals surface area contributed by atoms with Crippen LogP contribution in [-0.4, -0.2) is 22.3 Å². The lowest BCUT2D eigenvalue weighted by molar-refractivity contribution is 0.770. The monoisotopic (exact) mass is 150 g/mol. The van der Waals surface area contributed by atoms with Crippen LogP contribution in [-0.2, 0) is 7.05 Å². The van der Waals surface area contributed by atoms with Crippen molar-refractivity contribution in [3.05, 3.63) is 12.3 Å². The Morgan fingerprint density at radius 3 is 2.91 bits per heavy atom. The minimum Gasteiger partial charge on any atom is -0.251 e. The Labute approximate surface area is 65.3 Å². The summed E-state index contributed by atoms with van der Waals surface area (Å²) in [6, 6.07) is 1.81. The maximum Gasteiger partial charge on any atom is 0.152 e. The Balaban J connectivity index is 2.94. The molecule has 0 aromatic carbocycles. The number of hydrogen-bond acceptors (Lipinski definition) is 2. The van der Waals surface area contributed by atoms with Gasteiger partial charge in [-0.3, -0.25) is 4.68 Å². The first-order valence-corrected chi connectivity index (χ1v) is 3.24. The molecule has 0 aliphatic carbocycles. The highest BCUT2D eigenvalue weighted by molar-refractivity contribution is 5.85. The van der Waals surface area contributed by atoms with Crippen LogP contribution in [0.3, 0.4) is 0 Å². The quantitative estimate of drug-likeness (QED) is 0.437. The maximum atomic E-state index is 4.12. The number of aliphatic imine (C=N–C) groups is 2. The molecule has 0 atom stereocenters. The summed E-state index contributed by atoms with van der Waals surface area (Å²) in [5.74, 6) is 1.43. The molecule has 0 N–H and O–H groups in total. The van der Waals surface area contributed by atoms with Gasteiger partial charge >= 0.3 is 0 Å². The van der Waals surface area contributed by atoms with Crippen molar-refractivity contribution in [1.29, 1.82) is 0 Å². The van der Waals surface area contributed by atoms with Crippen molar-refractivity contribution in [2.45, 2.75) is 6.92 Å². The lowest BCUT2D eigenvalue weighted by atomic mass is 10.6. The van der Waals surface area contributed by atoms with Crippen LogP contribution in [0.15, 0.2) is 22.2 Å². The number of aromatic nitrogens is 2. The zero-order chi connectivity index (χ0) is 8.27. The van der Waals surface area contributed by atoms with E-state index in [1.165, 1.54) is 0 Å². The van der Waals surface area contributed by atoms with Gasteiger partial charge in [0.15, 0.2) is 5.82 Å². The van der Waals surface area contributed by atoms with E-state index < -0.39 is 0 Å². The topological polar surface area (TPSA) is 42.5 Å². The van der Waals surface area contributed by atoms with Gasteiger partial charge in [0.2, 0.25) is 0 Å². The highest BCUT2D eigenvalue weighted by Crippen LogP contribution is 2.08. The molecule has 1 rings (SSSR count). The average Bonchev–Trinajstić information content (AvgIpc) is 2.37. The van der Waals surface area contributed by atoms with E-state index in [2.05, 4.69) is 21.8 Å². The summed E-state index contributed by atoms with van der Waals surface area (Å²) < 4.78 is 1.68. The first-order chi connectivity index (χ1) is 5.24. The number of hydrogen-bond donors (Lipinski definition) is 0. The molecule has 1 aromatic heterocycles. The highest BCUT2D eigenvalue weighted by atomic mass is 15.3. The van der Waals surface area contributed by atoms with Gasteiger partial charge in [0.25, 0.3) is 0 Å². The molecular formula is C7H10N4. The third kappa shape index (κ3) is 1.73. The molecular weight excluding hydrogens is 140 g/mol. The lowest BCUT2D eigenvalue weighted by Crippen LogP contribution is -1.90. The van der Waals surface area contributed by atoms with Gasteiger partial charge in [0.05, 0.1) is 6.20 Å². The van der Waals surface area contributed by atoms with Crippen molar-refractivity contribution in [3.63, 3.8) is 0 Å². The fourth-order valence-electron chi connectivity index (χ4n) is 0.678. The molecule has 0 bridgehead atoms. The van der Waals surface area contributed by atoms with Gasteiger partial charge in [-0.25, -0.2) is 9.98 Å². The van der Waals surface area contributed by atoms with Crippen LogP contribution in [0.4, 0.5) is 5.82 Å². The summed E-state index contributed by atoms with van der Waals surface area (Å²) in [6.07, 6.45) is 1.69. The fraction of sp³-hybridized carbons (Fsp3) is 0.286. The number of amidine groups is 1. The second-order valence-corrected chi connectivity index (χ2v) is 2.13. The molecule has 4 heteroatoms. The van der Waals surface area contributed by atoms with E-state index in [9.17, 15) is 0 Å². The molecule has 0 aliphatic rings. The Bertz CT molecular complexity index is 284. The Morgan fingerprint density at radius 2 is 2.45 bits per heavy atom. The summed E-state index contributed by atoms with van der Waals surface area (Å²) in [4.78, 5) is 7.79. The van der Waals surface area contributed by atoms with E-state index in [1.807, 2.05) is 13.1 Å². The maximum absolute atomic E-state index is 4.12. The first kappa shape index (κ1) is 7.65. The standard InChI is InChI=1S/C7H10N4/c1-6(8-2)10-7-4-5-9-11(7)3/h4-5H,2H2,1,3H3. The van der Waals surface area contributed by atoms with E-state index >= 15 is 0 Å². The molecule has 0 fully saturated rings. The molecule has 1 aromatic rings. The molecule has 58 valence electrons. The van der Waals surface area contributed by atoms with E-state index in [4.69, 9.17) is 0 Å². The van der Waals surface area contributed by atoms with Crippen molar-refractivity contribution in [2.24, 2.45) is 17.0 Å². The van der Waals surface area contributed by atoms with Crippen LogP contribution in [0, 0.1) is 0 Å². The molecule has 1 heterocycles. The van der Waals surface area contributed by atoms with Crippen LogP contribution >= 0.6 is 0 Å². The van der Waals surface area contributed by atoms with Gasteiger partial charge in [-0.2, -0.15) is 5.10 Å². The van der Waals surface area contributed by atoms with Crippen LogP contribution in [0.25, 0.3) is 0 Å². The molecule has 0 radical (unpaired) electrons. The van der Waals surface area contributed by atoms with Gasteiger partial charge in [0.1, 0.15) is 5.84 Å². The third-order valence-electron chi connectivity index (χ3n) is 1.30. The van der Waals surface area contributed by atoms with Gasteiger partial charge in [-0.05, 0) is 13.6 Å². The number of nitrogens with zero attached hydrogens (tertiary/aromatic N) is 4. The minimum atomic E-state index is 0.647. The van der Waals surface area contributed by atoms with Crippen molar-refractivity contribution in [2.75, 3.05) is 0 Å². The predicted octanol–water partition coefficient (Wildman–Crippen LogP) is 1.17. The minimum absolute atomic E-state index is 0.647. The smallest absolute Gasteiger partial charge is 0.152 e. The van der Waals surface area contributed by atoms with E-state index in [-0.39, 0.29) is 0 Å². The summed E-state index contributed by atoms with van der Waals surface area (Å²) in [7, 11) is 1.83. The van der Waals surface area contributed by atoms with E-state index in [0.717, 1.165) is 5.82 Å². The van der Waals surface area contributed by atoms with Crippen molar-refractivity contribution in [3.8, 4) is 0 Å². The van der Waals surface area contributed by atoms with Gasteiger partial charge in [-0.15, -0.1) is 0 Å². The molecule has 0 amide bonds. The molecule has 0 saturated carbocycles. The molecule has 0 unspecified atom stereocenters. The first-order valence-electron chi connectivity index (χ1n) is 3.24. The van der Waals surface area contributed by atoms with Gasteiger partial charge in [-0.1, -0.05) is 0 Å². The number of aryl methyl sites for hydroxylation is 1. The van der Waals surface area contributed by atoms with Crippen LogP contribution < -0.4 is 0 Å². The SMILES string of the molecule is C=NC(C)=Nc1ccnn1C. The Hall–Kier alpha value is -1.45. The number of rotatable bonds is 1. The van der Waals surface area contributed by atoms with Gasteiger partial charge in [0, 0.05) is 13.1 Å². The fourth-order valence-corrected chi connectivity index (χ4v) is 0.678. The van der Waals surface area contributed by atoms with Crippen molar-refractivity contribution in [1.82, 2.24) is 9.78 Å². The third-order valence-corrected chi connectivity index (χ3v) is 1.30. The van der Waals surface area contributed by atoms with Crippen molar-refractivity contribution >= 4 is 18.4 Å². The predicted molar refractivity (Wildman–Crippen MR) is 45.5 cm³/mol. The largest absolute Gasteiger partial charge is 0.251 e. The van der Waals surface area contributed by atoms with Crippen LogP contribution in [0.1, 0.15) is 6.92 Å². The zero-order valence-corrected chi connectivity index (χ0v) is 6.65. The Morgan fingerprint density at radius 1 is 1.73 bits per heavy atom. The molecule has 11 heavy (non-hydrogen) atoms. The summed E-state index contributed by atoms with van der Waals surface area (Å²) in [5.41, 5.74) is 0. The summed E-state index contributed by atoms with van der Waals surface area (Å²) in [6.45, 7) is 5.15. The second kappa shape index (κ2) is 3.09. The summed E-state index contributed by atoms with van der Waals surface area (Å²) in [5, 5.41) is 3.95. The average molecular weight is 150 g/mol. The lowest BCUT2D eigenvalue weighted by Gasteiger charge is -1.93. The van der Waals surface area contributed by atoms with E-state index in [0.29, 0.717) is 5.84 Å². The van der Waals surface area contributed by atoms with E-state index in [1.54, 1.807) is 17.8 Å². The molecule has 0 saturated heterocycles. The van der Waals surface area contributed by atoms with Crippen LogP contribution in [0.5, 0.6) is 0 Å². The molecule has 0 aliphatic heterocycles. The zero-order valence-electron chi connectivity index (χ0n) is 6.65. The second-order valence-electron chi connectivity index (χ2n) is 2.13. The summed E-state index contributed by atoms with van der Waals surface area (Å²) >= 11 is 0. The van der Waals surface area contributed by atoms with Gasteiger partial charge < -0.3 is 0 Å². The van der Waals surface area contributed by atoms with Crippen LogP contribution in [0.2, 0.25) is 0 Å². The molecule has 0 spiro atoms.